The monoisotopic (exact) mass is 283 g/mol. The predicted molar refractivity (Wildman–Crippen MR) is 79.7 cm³/mol. The Bertz CT molecular complexity index is 310. The molecule has 0 bridgehead atoms. The average molecular weight is 283 g/mol. The zero-order valence-corrected chi connectivity index (χ0v) is 12.9. The molecule has 0 atom stereocenters. The van der Waals surface area contributed by atoms with Crippen molar-refractivity contribution in [1.29, 1.82) is 0 Å². The number of ether oxygens (including phenoxy) is 1. The molecule has 2 heterocycles. The highest BCUT2D eigenvalue weighted by Gasteiger charge is 2.33. The molecule has 2 N–H and O–H groups in total. The van der Waals surface area contributed by atoms with Crippen molar-refractivity contribution in [3.63, 3.8) is 0 Å². The number of piperidine rings is 1. The lowest BCUT2D eigenvalue weighted by Gasteiger charge is -2.39. The SMILES string of the molecule is CCCCN1CCC(NC(=O)COC2(C)CNC2)CC1. The van der Waals surface area contributed by atoms with Gasteiger partial charge in [-0.1, -0.05) is 13.3 Å². The quantitative estimate of drug-likeness (QED) is 0.724. The third-order valence-corrected chi connectivity index (χ3v) is 4.33. The maximum atomic E-state index is 11.9. The van der Waals surface area contributed by atoms with E-state index in [2.05, 4.69) is 22.5 Å². The predicted octanol–water partition coefficient (Wildman–Crippen LogP) is 0.746. The summed E-state index contributed by atoms with van der Waals surface area (Å²) in [5.41, 5.74) is -0.138. The first-order valence-electron chi connectivity index (χ1n) is 7.98. The molecule has 0 radical (unpaired) electrons. The number of carbonyl (C=O) groups is 1. The minimum absolute atomic E-state index is 0.0325. The zero-order valence-electron chi connectivity index (χ0n) is 12.9. The molecule has 116 valence electrons. The molecule has 5 heteroatoms. The molecule has 0 aliphatic carbocycles. The first-order valence-corrected chi connectivity index (χ1v) is 7.98. The second kappa shape index (κ2) is 7.38. The van der Waals surface area contributed by atoms with Crippen LogP contribution < -0.4 is 10.6 Å². The summed E-state index contributed by atoms with van der Waals surface area (Å²) in [6.07, 6.45) is 4.65. The molecule has 2 aliphatic heterocycles. The number of hydrogen-bond donors (Lipinski definition) is 2. The summed E-state index contributed by atoms with van der Waals surface area (Å²) in [5, 5.41) is 6.27. The summed E-state index contributed by atoms with van der Waals surface area (Å²) in [6.45, 7) is 9.56. The Morgan fingerprint density at radius 2 is 2.10 bits per heavy atom. The molecular formula is C15H29N3O2. The Kier molecular flexibility index (Phi) is 5.81. The fourth-order valence-corrected chi connectivity index (χ4v) is 2.77. The molecule has 0 spiro atoms. The van der Waals surface area contributed by atoms with Crippen LogP contribution in [-0.2, 0) is 9.53 Å². The van der Waals surface area contributed by atoms with Crippen LogP contribution in [0.4, 0.5) is 0 Å². The molecule has 0 aromatic heterocycles. The molecule has 2 fully saturated rings. The number of nitrogens with one attached hydrogen (secondary N) is 2. The van der Waals surface area contributed by atoms with E-state index in [1.807, 2.05) is 6.92 Å². The van der Waals surface area contributed by atoms with Crippen molar-refractivity contribution in [2.24, 2.45) is 0 Å². The van der Waals surface area contributed by atoms with Crippen LogP contribution in [0.15, 0.2) is 0 Å². The Balaban J connectivity index is 1.58. The highest BCUT2D eigenvalue weighted by Crippen LogP contribution is 2.15. The first kappa shape index (κ1) is 15.7. The highest BCUT2D eigenvalue weighted by molar-refractivity contribution is 5.77. The van der Waals surface area contributed by atoms with Crippen LogP contribution in [-0.4, -0.2) is 61.8 Å². The van der Waals surface area contributed by atoms with Crippen LogP contribution in [0.5, 0.6) is 0 Å². The van der Waals surface area contributed by atoms with Gasteiger partial charge in [0.25, 0.3) is 0 Å². The number of amides is 1. The lowest BCUT2D eigenvalue weighted by Crippen LogP contribution is -2.60. The Morgan fingerprint density at radius 1 is 1.40 bits per heavy atom. The van der Waals surface area contributed by atoms with Crippen LogP contribution in [0, 0.1) is 0 Å². The molecule has 20 heavy (non-hydrogen) atoms. The summed E-state index contributed by atoms with van der Waals surface area (Å²) in [5.74, 6) is 0.0325. The Labute approximate surface area is 122 Å². The van der Waals surface area contributed by atoms with Crippen LogP contribution >= 0.6 is 0 Å². The summed E-state index contributed by atoms with van der Waals surface area (Å²) in [4.78, 5) is 14.4. The maximum Gasteiger partial charge on any atom is 0.246 e. The Morgan fingerprint density at radius 3 is 2.65 bits per heavy atom. The van der Waals surface area contributed by atoms with Crippen molar-refractivity contribution in [1.82, 2.24) is 15.5 Å². The van der Waals surface area contributed by atoms with Gasteiger partial charge in [0.1, 0.15) is 6.61 Å². The van der Waals surface area contributed by atoms with Gasteiger partial charge in [0.05, 0.1) is 5.60 Å². The van der Waals surface area contributed by atoms with Crippen molar-refractivity contribution in [3.8, 4) is 0 Å². The van der Waals surface area contributed by atoms with Crippen LogP contribution in [0.1, 0.15) is 39.5 Å². The second-order valence-corrected chi connectivity index (χ2v) is 6.38. The number of hydrogen-bond acceptors (Lipinski definition) is 4. The van der Waals surface area contributed by atoms with Gasteiger partial charge in [-0.15, -0.1) is 0 Å². The van der Waals surface area contributed by atoms with Gasteiger partial charge in [0, 0.05) is 32.2 Å². The minimum atomic E-state index is -0.138. The van der Waals surface area contributed by atoms with Crippen LogP contribution in [0.25, 0.3) is 0 Å². The molecule has 2 saturated heterocycles. The molecule has 2 rings (SSSR count). The molecular weight excluding hydrogens is 254 g/mol. The number of nitrogens with zero attached hydrogens (tertiary/aromatic N) is 1. The van der Waals surface area contributed by atoms with Gasteiger partial charge in [0.15, 0.2) is 0 Å². The number of rotatable bonds is 7. The largest absolute Gasteiger partial charge is 0.363 e. The first-order chi connectivity index (χ1) is 9.61. The molecule has 0 unspecified atom stereocenters. The molecule has 0 saturated carbocycles. The van der Waals surface area contributed by atoms with E-state index in [1.54, 1.807) is 0 Å². The smallest absolute Gasteiger partial charge is 0.246 e. The van der Waals surface area contributed by atoms with Gasteiger partial charge in [-0.25, -0.2) is 0 Å². The van der Waals surface area contributed by atoms with Gasteiger partial charge < -0.3 is 20.3 Å². The van der Waals surface area contributed by atoms with Crippen molar-refractivity contribution < 1.29 is 9.53 Å². The van der Waals surface area contributed by atoms with Crippen molar-refractivity contribution in [2.45, 2.75) is 51.2 Å². The van der Waals surface area contributed by atoms with Gasteiger partial charge in [-0.2, -0.15) is 0 Å². The lowest BCUT2D eigenvalue weighted by atomic mass is 10.0. The van der Waals surface area contributed by atoms with Crippen LogP contribution in [0.2, 0.25) is 0 Å². The third-order valence-electron chi connectivity index (χ3n) is 4.33. The maximum absolute atomic E-state index is 11.9. The minimum Gasteiger partial charge on any atom is -0.363 e. The van der Waals surface area contributed by atoms with E-state index in [4.69, 9.17) is 4.74 Å². The van der Waals surface area contributed by atoms with E-state index in [0.29, 0.717) is 6.04 Å². The fraction of sp³-hybridized carbons (Fsp3) is 0.933. The van der Waals surface area contributed by atoms with Crippen LogP contribution in [0.3, 0.4) is 0 Å². The van der Waals surface area contributed by atoms with E-state index in [1.165, 1.54) is 19.4 Å². The second-order valence-electron chi connectivity index (χ2n) is 6.38. The molecule has 0 aromatic rings. The number of likely N-dealkylation sites (tertiary alicyclic amines) is 1. The van der Waals surface area contributed by atoms with E-state index in [-0.39, 0.29) is 18.1 Å². The molecule has 1 amide bonds. The molecule has 5 nitrogen and oxygen atoms in total. The van der Waals surface area contributed by atoms with Gasteiger partial charge in [-0.05, 0) is 32.7 Å². The standard InChI is InChI=1S/C15H29N3O2/c1-3-4-7-18-8-5-13(6-9-18)17-14(19)10-20-15(2)11-16-12-15/h13,16H,3-12H2,1-2H3,(H,17,19). The van der Waals surface area contributed by atoms with Gasteiger partial charge >= 0.3 is 0 Å². The summed E-state index contributed by atoms with van der Waals surface area (Å²) >= 11 is 0. The Hall–Kier alpha value is -0.650. The number of unbranched alkanes of at least 4 members (excludes halogenated alkanes) is 1. The van der Waals surface area contributed by atoms with E-state index in [0.717, 1.165) is 39.0 Å². The highest BCUT2D eigenvalue weighted by atomic mass is 16.5. The van der Waals surface area contributed by atoms with Gasteiger partial charge in [-0.3, -0.25) is 4.79 Å². The van der Waals surface area contributed by atoms with E-state index < -0.39 is 0 Å². The topological polar surface area (TPSA) is 53.6 Å². The number of carbonyl (C=O) groups excluding carboxylic acids is 1. The molecule has 0 aromatic carbocycles. The van der Waals surface area contributed by atoms with Crippen molar-refractivity contribution in [3.05, 3.63) is 0 Å². The van der Waals surface area contributed by atoms with Gasteiger partial charge in [0.2, 0.25) is 5.91 Å². The van der Waals surface area contributed by atoms with Crippen molar-refractivity contribution in [2.75, 3.05) is 39.3 Å². The summed E-state index contributed by atoms with van der Waals surface area (Å²) in [7, 11) is 0. The zero-order chi connectivity index (χ0) is 14.4. The lowest BCUT2D eigenvalue weighted by molar-refractivity contribution is -0.136. The summed E-state index contributed by atoms with van der Waals surface area (Å²) in [6, 6.07) is 0.330. The summed E-state index contributed by atoms with van der Waals surface area (Å²) < 4.78 is 5.66. The third kappa shape index (κ3) is 4.72. The van der Waals surface area contributed by atoms with Crippen molar-refractivity contribution >= 4 is 5.91 Å². The van der Waals surface area contributed by atoms with E-state index >= 15 is 0 Å². The molecule has 2 aliphatic rings. The normalized spacial score (nSPS) is 23.3. The fourth-order valence-electron chi connectivity index (χ4n) is 2.77. The van der Waals surface area contributed by atoms with E-state index in [9.17, 15) is 4.79 Å². The average Bonchev–Trinajstić information content (AvgIpc) is 2.42.